The lowest BCUT2D eigenvalue weighted by atomic mass is 10.2. The van der Waals surface area contributed by atoms with Crippen LogP contribution >= 0.6 is 23.8 Å². The topological polar surface area (TPSA) is 54.0 Å². The quantitative estimate of drug-likeness (QED) is 0.661. The predicted molar refractivity (Wildman–Crippen MR) is 84.1 cm³/mol. The van der Waals surface area contributed by atoms with Crippen molar-refractivity contribution >= 4 is 40.7 Å². The number of aromatic nitrogens is 1. The van der Waals surface area contributed by atoms with Crippen LogP contribution in [0.4, 0.5) is 5.82 Å². The van der Waals surface area contributed by atoms with Crippen LogP contribution in [0, 0.1) is 6.92 Å². The lowest BCUT2D eigenvalue weighted by Gasteiger charge is -2.11. The molecule has 20 heavy (non-hydrogen) atoms. The summed E-state index contributed by atoms with van der Waals surface area (Å²) < 4.78 is 0. The lowest BCUT2D eigenvalue weighted by Crippen LogP contribution is -2.34. The molecule has 0 saturated carbocycles. The van der Waals surface area contributed by atoms with Crippen LogP contribution in [-0.4, -0.2) is 16.0 Å². The van der Waals surface area contributed by atoms with Gasteiger partial charge in [0, 0.05) is 5.56 Å². The monoisotopic (exact) mass is 305 g/mol. The summed E-state index contributed by atoms with van der Waals surface area (Å²) in [7, 11) is 0. The van der Waals surface area contributed by atoms with E-state index in [1.165, 1.54) is 0 Å². The maximum atomic E-state index is 11.9. The number of benzene rings is 1. The maximum Gasteiger partial charge on any atom is 0.257 e. The standard InChI is InChI=1S/C14H12ClN3OS/c1-9-7-8-11(15)16-12(9)17-14(20)18-13(19)10-5-3-2-4-6-10/h2-8H,1H3,(H2,16,17,18,19,20). The van der Waals surface area contributed by atoms with E-state index in [9.17, 15) is 4.79 Å². The Morgan fingerprint density at radius 1 is 1.20 bits per heavy atom. The van der Waals surface area contributed by atoms with Crippen molar-refractivity contribution in [2.24, 2.45) is 0 Å². The molecule has 0 aliphatic carbocycles. The van der Waals surface area contributed by atoms with E-state index in [1.54, 1.807) is 30.3 Å². The molecule has 4 nitrogen and oxygen atoms in total. The predicted octanol–water partition coefficient (Wildman–Crippen LogP) is 3.17. The molecule has 1 aromatic carbocycles. The van der Waals surface area contributed by atoms with E-state index in [-0.39, 0.29) is 11.0 Å². The summed E-state index contributed by atoms with van der Waals surface area (Å²) in [4.78, 5) is 16.0. The molecule has 0 atom stereocenters. The van der Waals surface area contributed by atoms with Crippen LogP contribution in [-0.2, 0) is 0 Å². The van der Waals surface area contributed by atoms with Crippen molar-refractivity contribution in [1.29, 1.82) is 0 Å². The molecule has 1 amide bonds. The summed E-state index contributed by atoms with van der Waals surface area (Å²) >= 11 is 10.9. The molecule has 0 aliphatic rings. The highest BCUT2D eigenvalue weighted by Gasteiger charge is 2.09. The second-order valence-corrected chi connectivity index (χ2v) is 4.87. The van der Waals surface area contributed by atoms with Crippen LogP contribution < -0.4 is 10.6 Å². The van der Waals surface area contributed by atoms with E-state index in [4.69, 9.17) is 23.8 Å². The molecule has 1 aromatic heterocycles. The Hall–Kier alpha value is -1.98. The third-order valence-electron chi connectivity index (χ3n) is 2.56. The average molecular weight is 306 g/mol. The van der Waals surface area contributed by atoms with Crippen molar-refractivity contribution in [3.8, 4) is 0 Å². The molecular weight excluding hydrogens is 294 g/mol. The number of amides is 1. The number of nitrogens with zero attached hydrogens (tertiary/aromatic N) is 1. The van der Waals surface area contributed by atoms with Gasteiger partial charge in [0.1, 0.15) is 11.0 Å². The molecule has 0 unspecified atom stereocenters. The first-order chi connectivity index (χ1) is 9.56. The number of aryl methyl sites for hydroxylation is 1. The van der Waals surface area contributed by atoms with Crippen LogP contribution in [0.2, 0.25) is 5.15 Å². The lowest BCUT2D eigenvalue weighted by molar-refractivity contribution is 0.0977. The highest BCUT2D eigenvalue weighted by molar-refractivity contribution is 7.80. The Morgan fingerprint density at radius 3 is 2.60 bits per heavy atom. The van der Waals surface area contributed by atoms with Crippen LogP contribution in [0.5, 0.6) is 0 Å². The van der Waals surface area contributed by atoms with Crippen molar-refractivity contribution < 1.29 is 4.79 Å². The fourth-order valence-electron chi connectivity index (χ4n) is 1.54. The number of rotatable bonds is 2. The first kappa shape index (κ1) is 14.4. The van der Waals surface area contributed by atoms with Gasteiger partial charge in [-0.25, -0.2) is 4.98 Å². The van der Waals surface area contributed by atoms with E-state index < -0.39 is 0 Å². The van der Waals surface area contributed by atoms with E-state index >= 15 is 0 Å². The zero-order valence-corrected chi connectivity index (χ0v) is 12.3. The molecule has 0 bridgehead atoms. The summed E-state index contributed by atoms with van der Waals surface area (Å²) in [6.07, 6.45) is 0. The van der Waals surface area contributed by atoms with E-state index in [1.807, 2.05) is 19.1 Å². The minimum atomic E-state index is -0.275. The zero-order chi connectivity index (χ0) is 14.5. The van der Waals surface area contributed by atoms with E-state index in [2.05, 4.69) is 15.6 Å². The van der Waals surface area contributed by atoms with Crippen molar-refractivity contribution in [1.82, 2.24) is 10.3 Å². The molecule has 6 heteroatoms. The van der Waals surface area contributed by atoms with Crippen molar-refractivity contribution in [2.75, 3.05) is 5.32 Å². The van der Waals surface area contributed by atoms with Gasteiger partial charge in [0.25, 0.3) is 5.91 Å². The molecular formula is C14H12ClN3OS. The minimum Gasteiger partial charge on any atom is -0.317 e. The minimum absolute atomic E-state index is 0.178. The molecule has 2 N–H and O–H groups in total. The zero-order valence-electron chi connectivity index (χ0n) is 10.7. The third kappa shape index (κ3) is 3.76. The fourth-order valence-corrected chi connectivity index (χ4v) is 1.87. The summed E-state index contributed by atoms with van der Waals surface area (Å²) in [5, 5.41) is 5.98. The van der Waals surface area contributed by atoms with Crippen molar-refractivity contribution in [3.05, 3.63) is 58.7 Å². The Balaban J connectivity index is 2.03. The summed E-state index contributed by atoms with van der Waals surface area (Å²) in [6, 6.07) is 12.3. The highest BCUT2D eigenvalue weighted by Crippen LogP contribution is 2.15. The number of anilines is 1. The molecule has 102 valence electrons. The molecule has 0 fully saturated rings. The number of hydrogen-bond acceptors (Lipinski definition) is 3. The Morgan fingerprint density at radius 2 is 1.90 bits per heavy atom. The second kappa shape index (κ2) is 6.45. The van der Waals surface area contributed by atoms with Crippen molar-refractivity contribution in [3.63, 3.8) is 0 Å². The van der Waals surface area contributed by atoms with E-state index in [0.29, 0.717) is 16.5 Å². The van der Waals surface area contributed by atoms with Gasteiger partial charge in [-0.05, 0) is 42.9 Å². The highest BCUT2D eigenvalue weighted by atomic mass is 35.5. The first-order valence-corrected chi connectivity index (χ1v) is 6.65. The number of thiocarbonyl (C=S) groups is 1. The number of pyridine rings is 1. The molecule has 0 radical (unpaired) electrons. The molecule has 0 spiro atoms. The van der Waals surface area contributed by atoms with Crippen LogP contribution in [0.3, 0.4) is 0 Å². The summed E-state index contributed by atoms with van der Waals surface area (Å²) in [5.74, 6) is 0.249. The van der Waals surface area contributed by atoms with Gasteiger partial charge in [0.2, 0.25) is 0 Å². The van der Waals surface area contributed by atoms with Gasteiger partial charge in [-0.2, -0.15) is 0 Å². The molecule has 2 aromatic rings. The number of hydrogen-bond donors (Lipinski definition) is 2. The molecule has 0 saturated heterocycles. The summed E-state index contributed by atoms with van der Waals surface area (Å²) in [6.45, 7) is 1.87. The Bertz CT molecular complexity index is 646. The SMILES string of the molecule is Cc1ccc(Cl)nc1NC(=S)NC(=O)c1ccccc1. The number of carbonyl (C=O) groups is 1. The van der Waals surface area contributed by atoms with Gasteiger partial charge in [0.05, 0.1) is 0 Å². The normalized spacial score (nSPS) is 9.90. The summed E-state index contributed by atoms with van der Waals surface area (Å²) in [5.41, 5.74) is 1.41. The van der Waals surface area contributed by atoms with Gasteiger partial charge in [-0.1, -0.05) is 35.9 Å². The number of carbonyl (C=O) groups excluding carboxylic acids is 1. The fraction of sp³-hybridized carbons (Fsp3) is 0.0714. The number of nitrogens with one attached hydrogen (secondary N) is 2. The maximum absolute atomic E-state index is 11.9. The average Bonchev–Trinajstić information content (AvgIpc) is 2.43. The van der Waals surface area contributed by atoms with Crippen molar-refractivity contribution in [2.45, 2.75) is 6.92 Å². The molecule has 1 heterocycles. The molecule has 2 rings (SSSR count). The molecule has 0 aliphatic heterocycles. The van der Waals surface area contributed by atoms with Crippen LogP contribution in [0.15, 0.2) is 42.5 Å². The van der Waals surface area contributed by atoms with Gasteiger partial charge in [-0.15, -0.1) is 0 Å². The second-order valence-electron chi connectivity index (χ2n) is 4.07. The van der Waals surface area contributed by atoms with Crippen LogP contribution in [0.1, 0.15) is 15.9 Å². The van der Waals surface area contributed by atoms with Gasteiger partial charge < -0.3 is 5.32 Å². The largest absolute Gasteiger partial charge is 0.317 e. The Kier molecular flexibility index (Phi) is 4.65. The van der Waals surface area contributed by atoms with Gasteiger partial charge in [-0.3, -0.25) is 10.1 Å². The van der Waals surface area contributed by atoms with Gasteiger partial charge in [0.15, 0.2) is 5.11 Å². The number of halogens is 1. The van der Waals surface area contributed by atoms with E-state index in [0.717, 1.165) is 5.56 Å². The van der Waals surface area contributed by atoms with Crippen LogP contribution in [0.25, 0.3) is 0 Å². The smallest absolute Gasteiger partial charge is 0.257 e. The Labute approximate surface area is 127 Å². The third-order valence-corrected chi connectivity index (χ3v) is 2.97. The van der Waals surface area contributed by atoms with Gasteiger partial charge >= 0.3 is 0 Å². The first-order valence-electron chi connectivity index (χ1n) is 5.87.